The summed E-state index contributed by atoms with van der Waals surface area (Å²) in [5.41, 5.74) is 13.6. The van der Waals surface area contributed by atoms with Crippen molar-refractivity contribution in [3.63, 3.8) is 0 Å². The highest BCUT2D eigenvalue weighted by Gasteiger charge is 2.07. The van der Waals surface area contributed by atoms with E-state index in [2.05, 4.69) is 29.0 Å². The number of nitrogens with two attached hydrogens (primary N) is 2. The van der Waals surface area contributed by atoms with Crippen molar-refractivity contribution in [2.45, 2.75) is 13.3 Å². The quantitative estimate of drug-likeness (QED) is 0.861. The third kappa shape index (κ3) is 2.51. The summed E-state index contributed by atoms with van der Waals surface area (Å²) in [6, 6.07) is 9.99. The van der Waals surface area contributed by atoms with Gasteiger partial charge in [-0.2, -0.15) is 9.97 Å². The van der Waals surface area contributed by atoms with Crippen LogP contribution in [0.5, 0.6) is 0 Å². The number of aryl methyl sites for hydroxylation is 1. The van der Waals surface area contributed by atoms with E-state index in [1.807, 2.05) is 24.1 Å². The molecule has 0 aliphatic rings. The Balaban J connectivity index is 2.31. The van der Waals surface area contributed by atoms with Crippen LogP contribution in [0.25, 0.3) is 0 Å². The third-order valence-electron chi connectivity index (χ3n) is 2.83. The van der Waals surface area contributed by atoms with Crippen molar-refractivity contribution in [1.29, 1.82) is 0 Å². The molecule has 0 aliphatic carbocycles. The van der Waals surface area contributed by atoms with Crippen LogP contribution >= 0.6 is 0 Å². The summed E-state index contributed by atoms with van der Waals surface area (Å²) in [4.78, 5) is 9.95. The molecule has 0 aliphatic heterocycles. The third-order valence-corrected chi connectivity index (χ3v) is 2.83. The molecule has 1 heterocycles. The predicted molar refractivity (Wildman–Crippen MR) is 74.7 cm³/mol. The van der Waals surface area contributed by atoms with Gasteiger partial charge in [-0.05, 0) is 24.1 Å². The molecular formula is C13H17N5. The van der Waals surface area contributed by atoms with Gasteiger partial charge in [0.1, 0.15) is 11.6 Å². The highest BCUT2D eigenvalue weighted by Crippen LogP contribution is 2.23. The number of hydrogen-bond donors (Lipinski definition) is 2. The van der Waals surface area contributed by atoms with Gasteiger partial charge in [0.05, 0.1) is 0 Å². The fourth-order valence-corrected chi connectivity index (χ4v) is 1.73. The van der Waals surface area contributed by atoms with Gasteiger partial charge in [0.25, 0.3) is 0 Å². The molecule has 0 radical (unpaired) electrons. The average molecular weight is 243 g/mol. The van der Waals surface area contributed by atoms with Crippen LogP contribution in [0.1, 0.15) is 12.5 Å². The highest BCUT2D eigenvalue weighted by molar-refractivity contribution is 5.62. The number of anilines is 4. The standard InChI is InChI=1S/C13H17N5/c1-3-9-4-6-10(7-5-9)18(2)12-8-11(14)16-13(15)17-12/h4-8H,3H2,1-2H3,(H4,14,15,16,17). The molecule has 2 rings (SSSR count). The van der Waals surface area contributed by atoms with Crippen LogP contribution in [0.15, 0.2) is 30.3 Å². The van der Waals surface area contributed by atoms with Gasteiger partial charge in [-0.15, -0.1) is 0 Å². The van der Waals surface area contributed by atoms with Crippen molar-refractivity contribution in [3.8, 4) is 0 Å². The first-order chi connectivity index (χ1) is 8.60. The van der Waals surface area contributed by atoms with Crippen molar-refractivity contribution >= 4 is 23.3 Å². The zero-order chi connectivity index (χ0) is 13.1. The lowest BCUT2D eigenvalue weighted by Gasteiger charge is -2.19. The molecule has 18 heavy (non-hydrogen) atoms. The molecule has 0 spiro atoms. The Morgan fingerprint density at radius 3 is 2.33 bits per heavy atom. The van der Waals surface area contributed by atoms with E-state index in [0.29, 0.717) is 11.6 Å². The number of hydrogen-bond acceptors (Lipinski definition) is 5. The maximum Gasteiger partial charge on any atom is 0.223 e. The lowest BCUT2D eigenvalue weighted by Crippen LogP contribution is -2.13. The van der Waals surface area contributed by atoms with E-state index in [9.17, 15) is 0 Å². The van der Waals surface area contributed by atoms with Crippen molar-refractivity contribution in [3.05, 3.63) is 35.9 Å². The molecule has 94 valence electrons. The number of rotatable bonds is 3. The molecule has 1 aromatic carbocycles. The SMILES string of the molecule is CCc1ccc(N(C)c2cc(N)nc(N)n2)cc1. The van der Waals surface area contributed by atoms with Crippen molar-refractivity contribution in [2.75, 3.05) is 23.4 Å². The van der Waals surface area contributed by atoms with Crippen LogP contribution < -0.4 is 16.4 Å². The van der Waals surface area contributed by atoms with Crippen LogP contribution in [0, 0.1) is 0 Å². The van der Waals surface area contributed by atoms with E-state index in [1.54, 1.807) is 6.07 Å². The highest BCUT2D eigenvalue weighted by atomic mass is 15.2. The second-order valence-electron chi connectivity index (χ2n) is 4.09. The second-order valence-corrected chi connectivity index (χ2v) is 4.09. The molecular weight excluding hydrogens is 226 g/mol. The first-order valence-corrected chi connectivity index (χ1v) is 5.83. The lowest BCUT2D eigenvalue weighted by molar-refractivity contribution is 1.09. The summed E-state index contributed by atoms with van der Waals surface area (Å²) in [7, 11) is 1.92. The van der Waals surface area contributed by atoms with Crippen LogP contribution in [0.3, 0.4) is 0 Å². The van der Waals surface area contributed by atoms with Gasteiger partial charge in [0.2, 0.25) is 5.95 Å². The van der Waals surface area contributed by atoms with Gasteiger partial charge in [-0.1, -0.05) is 19.1 Å². The van der Waals surface area contributed by atoms with E-state index in [1.165, 1.54) is 5.56 Å². The maximum absolute atomic E-state index is 5.66. The van der Waals surface area contributed by atoms with Crippen molar-refractivity contribution < 1.29 is 0 Å². The first kappa shape index (κ1) is 12.2. The minimum atomic E-state index is 0.182. The minimum Gasteiger partial charge on any atom is -0.383 e. The number of benzene rings is 1. The van der Waals surface area contributed by atoms with Gasteiger partial charge in [-0.25, -0.2) is 0 Å². The normalized spacial score (nSPS) is 10.3. The lowest BCUT2D eigenvalue weighted by atomic mass is 10.1. The van der Waals surface area contributed by atoms with Gasteiger partial charge < -0.3 is 16.4 Å². The molecule has 0 unspecified atom stereocenters. The number of nitrogens with zero attached hydrogens (tertiary/aromatic N) is 3. The Morgan fingerprint density at radius 1 is 1.11 bits per heavy atom. The molecule has 0 amide bonds. The largest absolute Gasteiger partial charge is 0.383 e. The fraction of sp³-hybridized carbons (Fsp3) is 0.231. The average Bonchev–Trinajstić information content (AvgIpc) is 2.37. The maximum atomic E-state index is 5.66. The molecule has 1 aromatic heterocycles. The minimum absolute atomic E-state index is 0.182. The Kier molecular flexibility index (Phi) is 3.32. The zero-order valence-corrected chi connectivity index (χ0v) is 10.6. The van der Waals surface area contributed by atoms with Crippen LogP contribution in [0.4, 0.5) is 23.3 Å². The van der Waals surface area contributed by atoms with E-state index in [-0.39, 0.29) is 5.95 Å². The molecule has 5 nitrogen and oxygen atoms in total. The first-order valence-electron chi connectivity index (χ1n) is 5.83. The van der Waals surface area contributed by atoms with E-state index >= 15 is 0 Å². The van der Waals surface area contributed by atoms with E-state index < -0.39 is 0 Å². The van der Waals surface area contributed by atoms with Crippen LogP contribution in [-0.4, -0.2) is 17.0 Å². The van der Waals surface area contributed by atoms with Crippen LogP contribution in [-0.2, 0) is 6.42 Å². The Bertz CT molecular complexity index is 515. The van der Waals surface area contributed by atoms with Gasteiger partial charge in [-0.3, -0.25) is 0 Å². The summed E-state index contributed by atoms with van der Waals surface area (Å²) in [6.07, 6.45) is 1.03. The molecule has 2 aromatic rings. The summed E-state index contributed by atoms with van der Waals surface area (Å²) in [5, 5.41) is 0. The molecule has 0 atom stereocenters. The molecule has 0 saturated carbocycles. The summed E-state index contributed by atoms with van der Waals surface area (Å²) in [5.74, 6) is 1.24. The Hall–Kier alpha value is -2.30. The molecule has 0 bridgehead atoms. The second kappa shape index (κ2) is 4.91. The van der Waals surface area contributed by atoms with Gasteiger partial charge >= 0.3 is 0 Å². The van der Waals surface area contributed by atoms with Gasteiger partial charge in [0.15, 0.2) is 0 Å². The molecule has 0 fully saturated rings. The van der Waals surface area contributed by atoms with Crippen molar-refractivity contribution in [1.82, 2.24) is 9.97 Å². The fourth-order valence-electron chi connectivity index (χ4n) is 1.73. The summed E-state index contributed by atoms with van der Waals surface area (Å²) < 4.78 is 0. The molecule has 5 heteroatoms. The smallest absolute Gasteiger partial charge is 0.223 e. The van der Waals surface area contributed by atoms with Crippen LogP contribution in [0.2, 0.25) is 0 Å². The summed E-state index contributed by atoms with van der Waals surface area (Å²) >= 11 is 0. The Morgan fingerprint density at radius 2 is 1.78 bits per heavy atom. The zero-order valence-electron chi connectivity index (χ0n) is 10.6. The predicted octanol–water partition coefficient (Wildman–Crippen LogP) is 1.97. The molecule has 4 N–H and O–H groups in total. The monoisotopic (exact) mass is 243 g/mol. The number of nitrogen functional groups attached to an aromatic ring is 2. The Labute approximate surface area is 106 Å². The van der Waals surface area contributed by atoms with E-state index in [4.69, 9.17) is 11.5 Å². The summed E-state index contributed by atoms with van der Waals surface area (Å²) in [6.45, 7) is 2.13. The molecule has 0 saturated heterocycles. The van der Waals surface area contributed by atoms with E-state index in [0.717, 1.165) is 12.1 Å². The van der Waals surface area contributed by atoms with Gasteiger partial charge in [0, 0.05) is 18.8 Å². The number of aromatic nitrogens is 2. The topological polar surface area (TPSA) is 81.1 Å². The van der Waals surface area contributed by atoms with Crippen molar-refractivity contribution in [2.24, 2.45) is 0 Å².